The number of hydrazone groups is 1. The van der Waals surface area contributed by atoms with Gasteiger partial charge in [0.1, 0.15) is 11.3 Å². The molecule has 3 rings (SSSR count). The van der Waals surface area contributed by atoms with Crippen LogP contribution in [0.3, 0.4) is 0 Å². The Morgan fingerprint density at radius 1 is 1.07 bits per heavy atom. The van der Waals surface area contributed by atoms with Crippen molar-refractivity contribution in [2.75, 3.05) is 20.8 Å². The van der Waals surface area contributed by atoms with Crippen LogP contribution in [0.4, 0.5) is 0 Å². The second-order valence-electron chi connectivity index (χ2n) is 5.73. The van der Waals surface area contributed by atoms with E-state index in [9.17, 15) is 9.59 Å². The summed E-state index contributed by atoms with van der Waals surface area (Å²) >= 11 is 0. The molecule has 2 aromatic carbocycles. The zero-order chi connectivity index (χ0) is 19.9. The molecule has 2 N–H and O–H groups in total. The molecule has 0 atom stereocenters. The number of para-hydroxylation sites is 1. The number of hydrogen-bond acceptors (Lipinski definition) is 6. The van der Waals surface area contributed by atoms with Gasteiger partial charge >= 0.3 is 0 Å². The number of benzene rings is 2. The first-order chi connectivity index (χ1) is 13.6. The summed E-state index contributed by atoms with van der Waals surface area (Å²) < 4.78 is 15.8. The molecule has 28 heavy (non-hydrogen) atoms. The van der Waals surface area contributed by atoms with Gasteiger partial charge in [0, 0.05) is 10.9 Å². The molecule has 0 fully saturated rings. The van der Waals surface area contributed by atoms with Crippen LogP contribution in [0.15, 0.2) is 58.0 Å². The molecule has 8 heteroatoms. The van der Waals surface area contributed by atoms with E-state index in [1.165, 1.54) is 26.5 Å². The molecular formula is C20H19N3O5. The SMILES string of the molecule is COc1ccc(C(=O)NCC(=O)N/N=C/c2cc3ccccc3o2)cc1OC. The van der Waals surface area contributed by atoms with E-state index in [0.717, 1.165) is 11.0 Å². The molecule has 0 radical (unpaired) electrons. The Labute approximate surface area is 161 Å². The van der Waals surface area contributed by atoms with Gasteiger partial charge in [0.2, 0.25) is 0 Å². The number of methoxy groups -OCH3 is 2. The maximum Gasteiger partial charge on any atom is 0.259 e. The number of rotatable bonds is 7. The van der Waals surface area contributed by atoms with Crippen molar-refractivity contribution in [3.05, 3.63) is 59.9 Å². The van der Waals surface area contributed by atoms with Crippen molar-refractivity contribution in [3.8, 4) is 11.5 Å². The van der Waals surface area contributed by atoms with E-state index in [2.05, 4.69) is 15.8 Å². The number of fused-ring (bicyclic) bond motifs is 1. The van der Waals surface area contributed by atoms with Crippen LogP contribution in [0.25, 0.3) is 11.0 Å². The first kappa shape index (κ1) is 19.0. The minimum Gasteiger partial charge on any atom is -0.493 e. The van der Waals surface area contributed by atoms with E-state index in [1.807, 2.05) is 30.3 Å². The molecule has 2 amide bonds. The van der Waals surface area contributed by atoms with E-state index in [0.29, 0.717) is 22.8 Å². The fraction of sp³-hybridized carbons (Fsp3) is 0.150. The van der Waals surface area contributed by atoms with Gasteiger partial charge in [-0.15, -0.1) is 0 Å². The molecule has 0 aliphatic heterocycles. The van der Waals surface area contributed by atoms with Gasteiger partial charge in [0.05, 0.1) is 27.0 Å². The number of furan rings is 1. The van der Waals surface area contributed by atoms with Crippen molar-refractivity contribution in [1.29, 1.82) is 0 Å². The van der Waals surface area contributed by atoms with Gasteiger partial charge in [-0.05, 0) is 30.3 Å². The lowest BCUT2D eigenvalue weighted by atomic mass is 10.2. The summed E-state index contributed by atoms with van der Waals surface area (Å²) in [6, 6.07) is 14.1. The average Bonchev–Trinajstić information content (AvgIpc) is 3.14. The smallest absolute Gasteiger partial charge is 0.259 e. The van der Waals surface area contributed by atoms with Crippen molar-refractivity contribution in [2.45, 2.75) is 0 Å². The number of carbonyl (C=O) groups is 2. The molecule has 0 aliphatic rings. The summed E-state index contributed by atoms with van der Waals surface area (Å²) in [7, 11) is 2.99. The maximum absolute atomic E-state index is 12.2. The highest BCUT2D eigenvalue weighted by atomic mass is 16.5. The summed E-state index contributed by atoms with van der Waals surface area (Å²) in [5, 5.41) is 7.29. The maximum atomic E-state index is 12.2. The van der Waals surface area contributed by atoms with Crippen LogP contribution in [0.2, 0.25) is 0 Å². The monoisotopic (exact) mass is 381 g/mol. The third-order valence-electron chi connectivity index (χ3n) is 3.88. The second kappa shape index (κ2) is 8.72. The molecular weight excluding hydrogens is 362 g/mol. The summed E-state index contributed by atoms with van der Waals surface area (Å²) in [6.07, 6.45) is 1.40. The van der Waals surface area contributed by atoms with Gasteiger partial charge in [-0.1, -0.05) is 18.2 Å². The zero-order valence-electron chi connectivity index (χ0n) is 15.4. The Morgan fingerprint density at radius 2 is 1.86 bits per heavy atom. The minimum absolute atomic E-state index is 0.231. The number of nitrogens with zero attached hydrogens (tertiary/aromatic N) is 1. The third kappa shape index (κ3) is 4.47. The van der Waals surface area contributed by atoms with Crippen molar-refractivity contribution in [2.24, 2.45) is 5.10 Å². The molecule has 0 unspecified atom stereocenters. The Balaban J connectivity index is 1.51. The van der Waals surface area contributed by atoms with E-state index < -0.39 is 11.8 Å². The largest absolute Gasteiger partial charge is 0.493 e. The van der Waals surface area contributed by atoms with Crippen LogP contribution in [0.1, 0.15) is 16.1 Å². The standard InChI is InChI=1S/C20H19N3O5/c1-26-17-8-7-14(10-18(17)27-2)20(25)21-12-19(24)23-22-11-15-9-13-5-3-4-6-16(13)28-15/h3-11H,12H2,1-2H3,(H,21,25)(H,23,24)/b22-11+. The number of hydrogen-bond donors (Lipinski definition) is 2. The van der Waals surface area contributed by atoms with Crippen molar-refractivity contribution in [3.63, 3.8) is 0 Å². The highest BCUT2D eigenvalue weighted by Gasteiger charge is 2.11. The fourth-order valence-corrected chi connectivity index (χ4v) is 2.51. The molecule has 0 saturated heterocycles. The number of ether oxygens (including phenoxy) is 2. The predicted molar refractivity (Wildman–Crippen MR) is 104 cm³/mol. The Kier molecular flexibility index (Phi) is 5.91. The fourth-order valence-electron chi connectivity index (χ4n) is 2.51. The van der Waals surface area contributed by atoms with Crippen LogP contribution >= 0.6 is 0 Å². The van der Waals surface area contributed by atoms with Crippen molar-refractivity contribution in [1.82, 2.24) is 10.7 Å². The van der Waals surface area contributed by atoms with Crippen LogP contribution in [-0.4, -0.2) is 38.8 Å². The van der Waals surface area contributed by atoms with E-state index >= 15 is 0 Å². The van der Waals surface area contributed by atoms with Crippen LogP contribution in [0, 0.1) is 0 Å². The van der Waals surface area contributed by atoms with Gasteiger partial charge in [0.15, 0.2) is 11.5 Å². The minimum atomic E-state index is -0.471. The van der Waals surface area contributed by atoms with Crippen molar-refractivity contribution >= 4 is 29.0 Å². The summed E-state index contributed by atoms with van der Waals surface area (Å²) in [4.78, 5) is 24.0. The lowest BCUT2D eigenvalue weighted by molar-refractivity contribution is -0.120. The predicted octanol–water partition coefficient (Wildman–Crippen LogP) is 2.33. The van der Waals surface area contributed by atoms with Gasteiger partial charge in [-0.25, -0.2) is 5.43 Å². The lowest BCUT2D eigenvalue weighted by Crippen LogP contribution is -2.34. The van der Waals surface area contributed by atoms with Crippen LogP contribution < -0.4 is 20.2 Å². The molecule has 1 heterocycles. The molecule has 0 aliphatic carbocycles. The number of amides is 2. The third-order valence-corrected chi connectivity index (χ3v) is 3.88. The van der Waals surface area contributed by atoms with Crippen molar-refractivity contribution < 1.29 is 23.5 Å². The van der Waals surface area contributed by atoms with Gasteiger partial charge in [-0.3, -0.25) is 9.59 Å². The van der Waals surface area contributed by atoms with Gasteiger partial charge in [0.25, 0.3) is 11.8 Å². The molecule has 8 nitrogen and oxygen atoms in total. The lowest BCUT2D eigenvalue weighted by Gasteiger charge is -2.09. The molecule has 144 valence electrons. The summed E-state index contributed by atoms with van der Waals surface area (Å²) in [6.45, 7) is -0.231. The topological polar surface area (TPSA) is 102 Å². The van der Waals surface area contributed by atoms with Gasteiger partial charge in [-0.2, -0.15) is 5.10 Å². The molecule has 0 saturated carbocycles. The quantitative estimate of drug-likeness (QED) is 0.483. The normalized spacial score (nSPS) is 10.8. The Bertz CT molecular complexity index is 993. The highest BCUT2D eigenvalue weighted by molar-refractivity contribution is 5.97. The number of nitrogens with one attached hydrogen (secondary N) is 2. The first-order valence-electron chi connectivity index (χ1n) is 8.41. The zero-order valence-corrected chi connectivity index (χ0v) is 15.4. The molecule has 1 aromatic heterocycles. The van der Waals surface area contributed by atoms with E-state index in [4.69, 9.17) is 13.9 Å². The van der Waals surface area contributed by atoms with E-state index in [1.54, 1.807) is 12.1 Å². The van der Waals surface area contributed by atoms with Gasteiger partial charge < -0.3 is 19.2 Å². The molecule has 3 aromatic rings. The summed E-state index contributed by atoms with van der Waals surface area (Å²) in [5.41, 5.74) is 3.41. The average molecular weight is 381 g/mol. The van der Waals surface area contributed by atoms with E-state index in [-0.39, 0.29) is 6.54 Å². The molecule has 0 spiro atoms. The number of carbonyl (C=O) groups excluding carboxylic acids is 2. The Morgan fingerprint density at radius 3 is 2.61 bits per heavy atom. The highest BCUT2D eigenvalue weighted by Crippen LogP contribution is 2.27. The van der Waals surface area contributed by atoms with Crippen LogP contribution in [-0.2, 0) is 4.79 Å². The summed E-state index contributed by atoms with van der Waals surface area (Å²) in [5.74, 6) is 0.557. The van der Waals surface area contributed by atoms with Crippen LogP contribution in [0.5, 0.6) is 11.5 Å². The Hall–Kier alpha value is -3.81. The molecule has 0 bridgehead atoms. The second-order valence-corrected chi connectivity index (χ2v) is 5.73. The first-order valence-corrected chi connectivity index (χ1v) is 8.41.